The molecule has 2 aromatic carbocycles. The first-order valence-corrected chi connectivity index (χ1v) is 7.34. The fraction of sp³-hybridized carbons (Fsp3) is 0.294. The average molecular weight is 306 g/mol. The van der Waals surface area contributed by atoms with Gasteiger partial charge in [-0.25, -0.2) is 0 Å². The maximum atomic E-state index is 10.0. The number of methoxy groups -OCH3 is 1. The summed E-state index contributed by atoms with van der Waals surface area (Å²) in [6.07, 6.45) is 0.372. The quantitative estimate of drug-likeness (QED) is 0.772. The molecule has 0 spiro atoms. The van der Waals surface area contributed by atoms with Crippen molar-refractivity contribution in [3.05, 3.63) is 64.7 Å². The Labute approximate surface area is 130 Å². The summed E-state index contributed by atoms with van der Waals surface area (Å²) in [6, 6.07) is 15.4. The van der Waals surface area contributed by atoms with Crippen LogP contribution in [-0.2, 0) is 6.42 Å². The largest absolute Gasteiger partial charge is 0.495 e. The second kappa shape index (κ2) is 8.03. The molecule has 1 atom stereocenters. The molecule has 0 amide bonds. The minimum atomic E-state index is -0.481. The van der Waals surface area contributed by atoms with Gasteiger partial charge in [0.25, 0.3) is 0 Å². The summed E-state index contributed by atoms with van der Waals surface area (Å²) in [5.41, 5.74) is 2.07. The molecule has 4 heteroatoms. The van der Waals surface area contributed by atoms with Crippen molar-refractivity contribution in [2.45, 2.75) is 12.5 Å². The van der Waals surface area contributed by atoms with Gasteiger partial charge in [0, 0.05) is 6.54 Å². The Morgan fingerprint density at radius 3 is 2.62 bits per heavy atom. The lowest BCUT2D eigenvalue weighted by atomic mass is 10.1. The number of halogens is 1. The van der Waals surface area contributed by atoms with Gasteiger partial charge in [0.2, 0.25) is 0 Å². The molecule has 0 saturated carbocycles. The topological polar surface area (TPSA) is 41.5 Å². The SMILES string of the molecule is COc1ccc(CCNCC(O)c2ccccc2)cc1Cl. The van der Waals surface area contributed by atoms with E-state index in [-0.39, 0.29) is 0 Å². The van der Waals surface area contributed by atoms with Crippen molar-refractivity contribution in [1.82, 2.24) is 5.32 Å². The second-order valence-electron chi connectivity index (χ2n) is 4.85. The van der Waals surface area contributed by atoms with Gasteiger partial charge in [-0.05, 0) is 36.2 Å². The van der Waals surface area contributed by atoms with E-state index >= 15 is 0 Å². The Morgan fingerprint density at radius 1 is 1.19 bits per heavy atom. The van der Waals surface area contributed by atoms with E-state index in [0.717, 1.165) is 24.1 Å². The van der Waals surface area contributed by atoms with Crippen molar-refractivity contribution in [1.29, 1.82) is 0 Å². The van der Waals surface area contributed by atoms with Gasteiger partial charge in [-0.3, -0.25) is 0 Å². The van der Waals surface area contributed by atoms with Gasteiger partial charge >= 0.3 is 0 Å². The van der Waals surface area contributed by atoms with Crippen LogP contribution in [0.25, 0.3) is 0 Å². The number of aliphatic hydroxyl groups is 1. The van der Waals surface area contributed by atoms with Gasteiger partial charge in [-0.1, -0.05) is 48.0 Å². The average Bonchev–Trinajstić information content (AvgIpc) is 2.52. The van der Waals surface area contributed by atoms with E-state index in [9.17, 15) is 5.11 Å². The molecule has 112 valence electrons. The highest BCUT2D eigenvalue weighted by atomic mass is 35.5. The van der Waals surface area contributed by atoms with E-state index in [1.54, 1.807) is 7.11 Å². The lowest BCUT2D eigenvalue weighted by Crippen LogP contribution is -2.23. The molecular formula is C17H20ClNO2. The normalized spacial score (nSPS) is 12.1. The van der Waals surface area contributed by atoms with E-state index in [2.05, 4.69) is 5.32 Å². The monoisotopic (exact) mass is 305 g/mol. The first kappa shape index (κ1) is 15.8. The summed E-state index contributed by atoms with van der Waals surface area (Å²) in [7, 11) is 1.60. The second-order valence-corrected chi connectivity index (χ2v) is 5.26. The summed E-state index contributed by atoms with van der Waals surface area (Å²) in [5.74, 6) is 0.688. The smallest absolute Gasteiger partial charge is 0.137 e. The third-order valence-electron chi connectivity index (χ3n) is 3.33. The number of ether oxygens (including phenoxy) is 1. The lowest BCUT2D eigenvalue weighted by Gasteiger charge is -2.12. The molecule has 21 heavy (non-hydrogen) atoms. The maximum absolute atomic E-state index is 10.0. The molecule has 0 fully saturated rings. The molecule has 2 rings (SSSR count). The Kier molecular flexibility index (Phi) is 6.05. The van der Waals surface area contributed by atoms with Gasteiger partial charge in [-0.15, -0.1) is 0 Å². The van der Waals surface area contributed by atoms with Gasteiger partial charge in [0.05, 0.1) is 18.2 Å². The molecule has 1 unspecified atom stereocenters. The summed E-state index contributed by atoms with van der Waals surface area (Å²) < 4.78 is 5.13. The van der Waals surface area contributed by atoms with E-state index in [1.165, 1.54) is 0 Å². The Balaban J connectivity index is 1.76. The molecular weight excluding hydrogens is 286 g/mol. The highest BCUT2D eigenvalue weighted by Gasteiger charge is 2.06. The van der Waals surface area contributed by atoms with Crippen LogP contribution in [0.15, 0.2) is 48.5 Å². The van der Waals surface area contributed by atoms with E-state index in [4.69, 9.17) is 16.3 Å². The predicted octanol–water partition coefficient (Wildman–Crippen LogP) is 3.21. The molecule has 2 N–H and O–H groups in total. The molecule has 0 bridgehead atoms. The minimum Gasteiger partial charge on any atom is -0.495 e. The van der Waals surface area contributed by atoms with E-state index in [0.29, 0.717) is 17.3 Å². The van der Waals surface area contributed by atoms with Gasteiger partial charge in [0.15, 0.2) is 0 Å². The van der Waals surface area contributed by atoms with Crippen molar-refractivity contribution in [2.75, 3.05) is 20.2 Å². The van der Waals surface area contributed by atoms with Crippen molar-refractivity contribution < 1.29 is 9.84 Å². The van der Waals surface area contributed by atoms with Crippen molar-refractivity contribution in [2.24, 2.45) is 0 Å². The number of benzene rings is 2. The Hall–Kier alpha value is -1.55. The van der Waals surface area contributed by atoms with Crippen LogP contribution in [0.3, 0.4) is 0 Å². The van der Waals surface area contributed by atoms with Crippen molar-refractivity contribution in [3.8, 4) is 5.75 Å². The van der Waals surface area contributed by atoms with Crippen molar-refractivity contribution >= 4 is 11.6 Å². The minimum absolute atomic E-state index is 0.481. The molecule has 0 heterocycles. The van der Waals surface area contributed by atoms with Crippen LogP contribution in [0, 0.1) is 0 Å². The number of nitrogens with one attached hydrogen (secondary N) is 1. The zero-order valence-electron chi connectivity index (χ0n) is 12.1. The third-order valence-corrected chi connectivity index (χ3v) is 3.62. The fourth-order valence-electron chi connectivity index (χ4n) is 2.13. The molecule has 0 radical (unpaired) electrons. The third kappa shape index (κ3) is 4.74. The number of hydrogen-bond acceptors (Lipinski definition) is 3. The van der Waals surface area contributed by atoms with Gasteiger partial charge in [0.1, 0.15) is 5.75 Å². The Morgan fingerprint density at radius 2 is 1.95 bits per heavy atom. The maximum Gasteiger partial charge on any atom is 0.137 e. The van der Waals surface area contributed by atoms with Crippen LogP contribution in [0.2, 0.25) is 5.02 Å². The summed E-state index contributed by atoms with van der Waals surface area (Å²) in [4.78, 5) is 0. The standard InChI is InChI=1S/C17H20ClNO2/c1-21-17-8-7-13(11-15(17)18)9-10-19-12-16(20)14-5-3-2-4-6-14/h2-8,11,16,19-20H,9-10,12H2,1H3. The molecule has 0 aromatic heterocycles. The lowest BCUT2D eigenvalue weighted by molar-refractivity contribution is 0.175. The molecule has 0 aliphatic carbocycles. The molecule has 0 aliphatic heterocycles. The zero-order chi connectivity index (χ0) is 15.1. The zero-order valence-corrected chi connectivity index (χ0v) is 12.8. The molecule has 2 aromatic rings. The van der Waals surface area contributed by atoms with Crippen molar-refractivity contribution in [3.63, 3.8) is 0 Å². The summed E-state index contributed by atoms with van der Waals surface area (Å²) in [6.45, 7) is 1.32. The molecule has 3 nitrogen and oxygen atoms in total. The van der Waals surface area contributed by atoms with Crippen LogP contribution in [-0.4, -0.2) is 25.3 Å². The van der Waals surface area contributed by atoms with E-state index in [1.807, 2.05) is 48.5 Å². The number of rotatable bonds is 7. The fourth-order valence-corrected chi connectivity index (χ4v) is 2.41. The number of hydrogen-bond donors (Lipinski definition) is 2. The highest BCUT2D eigenvalue weighted by Crippen LogP contribution is 2.24. The van der Waals surface area contributed by atoms with Crippen LogP contribution >= 0.6 is 11.6 Å². The van der Waals surface area contributed by atoms with Gasteiger partial charge < -0.3 is 15.2 Å². The van der Waals surface area contributed by atoms with Crippen LogP contribution in [0.1, 0.15) is 17.2 Å². The summed E-state index contributed by atoms with van der Waals surface area (Å²) in [5, 5.41) is 13.9. The Bertz CT molecular complexity index is 560. The van der Waals surface area contributed by atoms with Gasteiger partial charge in [-0.2, -0.15) is 0 Å². The predicted molar refractivity (Wildman–Crippen MR) is 86.0 cm³/mol. The highest BCUT2D eigenvalue weighted by molar-refractivity contribution is 6.32. The first-order chi connectivity index (χ1) is 10.2. The number of aliphatic hydroxyl groups excluding tert-OH is 1. The molecule has 0 saturated heterocycles. The van der Waals surface area contributed by atoms with Crippen LogP contribution in [0.5, 0.6) is 5.75 Å². The van der Waals surface area contributed by atoms with Crippen LogP contribution in [0.4, 0.5) is 0 Å². The van der Waals surface area contributed by atoms with Crippen LogP contribution < -0.4 is 10.1 Å². The first-order valence-electron chi connectivity index (χ1n) is 6.97. The summed E-state index contributed by atoms with van der Waals surface area (Å²) >= 11 is 6.09. The molecule has 0 aliphatic rings. The van der Waals surface area contributed by atoms with E-state index < -0.39 is 6.10 Å².